The lowest BCUT2D eigenvalue weighted by Crippen LogP contribution is -2.23. The van der Waals surface area contributed by atoms with Crippen molar-refractivity contribution >= 4 is 10.9 Å². The number of nitrogens with one attached hydrogen (secondary N) is 1. The smallest absolute Gasteiger partial charge is 0.283 e. The van der Waals surface area contributed by atoms with Crippen LogP contribution >= 0.6 is 0 Å². The Kier molecular flexibility index (Phi) is 5.49. The van der Waals surface area contributed by atoms with E-state index in [0.29, 0.717) is 5.92 Å². The highest BCUT2D eigenvalue weighted by atomic mass is 16.5. The molecule has 0 bridgehead atoms. The van der Waals surface area contributed by atoms with Crippen LogP contribution in [0.4, 0.5) is 0 Å². The molecule has 0 radical (unpaired) electrons. The van der Waals surface area contributed by atoms with Gasteiger partial charge in [0, 0.05) is 29.5 Å². The van der Waals surface area contributed by atoms with Crippen molar-refractivity contribution in [1.82, 2.24) is 4.73 Å². The maximum absolute atomic E-state index is 11.4. The van der Waals surface area contributed by atoms with Gasteiger partial charge in [0.1, 0.15) is 0 Å². The lowest BCUT2D eigenvalue weighted by Gasteiger charge is -2.22. The molecular weight excluding hydrogens is 312 g/mol. The molecule has 0 aliphatic heterocycles. The summed E-state index contributed by atoms with van der Waals surface area (Å²) >= 11 is 0. The van der Waals surface area contributed by atoms with Crippen molar-refractivity contribution in [2.45, 2.75) is 44.9 Å². The maximum atomic E-state index is 11.4. The molecule has 2 aromatic heterocycles. The van der Waals surface area contributed by atoms with E-state index >= 15 is 0 Å². The van der Waals surface area contributed by atoms with Crippen LogP contribution in [0.1, 0.15) is 49.3 Å². The molecule has 0 amide bonds. The first-order chi connectivity index (χ1) is 12.1. The number of benzene rings is 1. The van der Waals surface area contributed by atoms with Crippen LogP contribution in [0.15, 0.2) is 59.5 Å². The molecule has 130 valence electrons. The molecule has 1 aliphatic rings. The van der Waals surface area contributed by atoms with Crippen molar-refractivity contribution < 1.29 is 10.2 Å². The standard InChI is InChI=1S/C12H17NO2.C9H7N/c1-9-7-11(13(15)12(14)8-9)10-5-3-2-4-6-10;1-2-6-9-8(4-1)5-3-7-10-9/h7-8,10,15H,2-6H2,1H3;1-7H/p+1. The zero-order chi connectivity index (χ0) is 17.6. The fraction of sp³-hybridized carbons (Fsp3) is 0.333. The van der Waals surface area contributed by atoms with Crippen LogP contribution in [-0.4, -0.2) is 9.94 Å². The molecule has 3 aromatic rings. The minimum absolute atomic E-state index is 0.310. The van der Waals surface area contributed by atoms with Gasteiger partial charge in [0.25, 0.3) is 5.56 Å². The Labute approximate surface area is 147 Å². The Balaban J connectivity index is 0.000000157. The van der Waals surface area contributed by atoms with E-state index in [0.717, 1.165) is 28.8 Å². The summed E-state index contributed by atoms with van der Waals surface area (Å²) in [6.45, 7) is 1.90. The summed E-state index contributed by atoms with van der Waals surface area (Å²) in [7, 11) is 0. The quantitative estimate of drug-likeness (QED) is 0.680. The Morgan fingerprint density at radius 3 is 2.52 bits per heavy atom. The first-order valence-corrected chi connectivity index (χ1v) is 8.93. The highest BCUT2D eigenvalue weighted by Crippen LogP contribution is 2.31. The first kappa shape index (κ1) is 17.2. The highest BCUT2D eigenvalue weighted by molar-refractivity contribution is 5.74. The van der Waals surface area contributed by atoms with E-state index in [1.165, 1.54) is 36.2 Å². The summed E-state index contributed by atoms with van der Waals surface area (Å²) in [6, 6.07) is 15.7. The van der Waals surface area contributed by atoms with Gasteiger partial charge in [0.05, 0.1) is 5.69 Å². The van der Waals surface area contributed by atoms with E-state index < -0.39 is 0 Å². The number of H-pyrrole nitrogens is 1. The largest absolute Gasteiger partial charge is 0.425 e. The zero-order valence-corrected chi connectivity index (χ0v) is 14.6. The minimum atomic E-state index is -0.310. The molecule has 1 fully saturated rings. The van der Waals surface area contributed by atoms with E-state index in [9.17, 15) is 10.0 Å². The van der Waals surface area contributed by atoms with Crippen molar-refractivity contribution in [2.75, 3.05) is 0 Å². The minimum Gasteiger partial charge on any atom is -0.425 e. The fourth-order valence-electron chi connectivity index (χ4n) is 3.47. The number of hydrogen-bond donors (Lipinski definition) is 1. The van der Waals surface area contributed by atoms with Crippen molar-refractivity contribution in [3.63, 3.8) is 0 Å². The summed E-state index contributed by atoms with van der Waals surface area (Å²) < 4.78 is 0.822. The number of rotatable bonds is 1. The van der Waals surface area contributed by atoms with Crippen LogP contribution in [0.2, 0.25) is 0 Å². The second-order valence-corrected chi connectivity index (χ2v) is 6.70. The summed E-state index contributed by atoms with van der Waals surface area (Å²) in [5, 5.41) is 10.9. The van der Waals surface area contributed by atoms with Crippen molar-refractivity contribution in [3.8, 4) is 0 Å². The third-order valence-corrected chi connectivity index (χ3v) is 4.78. The molecular formula is C21H25N2O2+. The molecule has 2 heterocycles. The molecule has 1 aromatic carbocycles. The molecule has 2 N–H and O–H groups in total. The van der Waals surface area contributed by atoms with Crippen LogP contribution in [0.25, 0.3) is 10.9 Å². The molecule has 0 unspecified atom stereocenters. The normalized spacial score (nSPS) is 14.8. The Morgan fingerprint density at radius 1 is 1.04 bits per heavy atom. The van der Waals surface area contributed by atoms with Crippen LogP contribution in [-0.2, 0) is 0 Å². The topological polar surface area (TPSA) is 56.4 Å². The van der Waals surface area contributed by atoms with Crippen LogP contribution in [0.5, 0.6) is 0 Å². The summed E-state index contributed by atoms with van der Waals surface area (Å²) in [6.07, 6.45) is 7.78. The average molecular weight is 337 g/mol. The van der Waals surface area contributed by atoms with Gasteiger partial charge in [-0.05, 0) is 43.5 Å². The Morgan fingerprint density at radius 2 is 1.76 bits per heavy atom. The van der Waals surface area contributed by atoms with Gasteiger partial charge < -0.3 is 5.21 Å². The monoisotopic (exact) mass is 337 g/mol. The fourth-order valence-corrected chi connectivity index (χ4v) is 3.47. The molecule has 25 heavy (non-hydrogen) atoms. The second kappa shape index (κ2) is 7.97. The molecule has 0 saturated heterocycles. The van der Waals surface area contributed by atoms with Gasteiger partial charge in [-0.1, -0.05) is 31.4 Å². The predicted octanol–water partition coefficient (Wildman–Crippen LogP) is 4.10. The summed E-state index contributed by atoms with van der Waals surface area (Å²) in [5.41, 5.74) is 2.60. The second-order valence-electron chi connectivity index (χ2n) is 6.70. The van der Waals surface area contributed by atoms with Gasteiger partial charge in [-0.15, -0.1) is 0 Å². The van der Waals surface area contributed by atoms with Gasteiger partial charge in [0.15, 0.2) is 6.20 Å². The number of aromatic nitrogens is 2. The Bertz CT molecular complexity index is 830. The average Bonchev–Trinajstić information content (AvgIpc) is 2.66. The number of hydrogen-bond acceptors (Lipinski definition) is 2. The van der Waals surface area contributed by atoms with E-state index in [2.05, 4.69) is 23.2 Å². The van der Waals surface area contributed by atoms with Crippen molar-refractivity contribution in [1.29, 1.82) is 0 Å². The number of nitrogens with zero attached hydrogens (tertiary/aromatic N) is 1. The number of aryl methyl sites for hydroxylation is 1. The van der Waals surface area contributed by atoms with E-state index in [1.54, 1.807) is 0 Å². The molecule has 4 rings (SSSR count). The molecule has 0 spiro atoms. The van der Waals surface area contributed by atoms with Crippen molar-refractivity contribution in [2.24, 2.45) is 0 Å². The number of aromatic amines is 1. The van der Waals surface area contributed by atoms with Crippen LogP contribution < -0.4 is 10.5 Å². The first-order valence-electron chi connectivity index (χ1n) is 8.93. The summed E-state index contributed by atoms with van der Waals surface area (Å²) in [5.74, 6) is 0.358. The molecule has 1 aliphatic carbocycles. The maximum Gasteiger partial charge on any atom is 0.283 e. The molecule has 1 saturated carbocycles. The SMILES string of the molecule is Cc1cc(C2CCCCC2)n(O)c(=O)c1.c1ccc2[nH+]cccc2c1. The van der Waals surface area contributed by atoms with E-state index in [-0.39, 0.29) is 5.56 Å². The van der Waals surface area contributed by atoms with E-state index in [1.807, 2.05) is 37.4 Å². The third-order valence-electron chi connectivity index (χ3n) is 4.78. The predicted molar refractivity (Wildman–Crippen MR) is 99.0 cm³/mol. The van der Waals surface area contributed by atoms with E-state index in [4.69, 9.17) is 0 Å². The lowest BCUT2D eigenvalue weighted by molar-refractivity contribution is -0.344. The molecule has 0 atom stereocenters. The molecule has 4 nitrogen and oxygen atoms in total. The third kappa shape index (κ3) is 4.27. The number of pyridine rings is 2. The summed E-state index contributed by atoms with van der Waals surface area (Å²) in [4.78, 5) is 14.6. The zero-order valence-electron chi connectivity index (χ0n) is 14.6. The van der Waals surface area contributed by atoms with Crippen molar-refractivity contribution in [3.05, 3.63) is 76.3 Å². The highest BCUT2D eigenvalue weighted by Gasteiger charge is 2.19. The van der Waals surface area contributed by atoms with Crippen LogP contribution in [0, 0.1) is 6.92 Å². The number of fused-ring (bicyclic) bond motifs is 1. The lowest BCUT2D eigenvalue weighted by atomic mass is 9.86. The van der Waals surface area contributed by atoms with Gasteiger partial charge >= 0.3 is 0 Å². The van der Waals surface area contributed by atoms with Gasteiger partial charge in [-0.3, -0.25) is 4.79 Å². The van der Waals surface area contributed by atoms with Gasteiger partial charge in [-0.25, -0.2) is 4.98 Å². The Hall–Kier alpha value is -2.62. The van der Waals surface area contributed by atoms with Crippen LogP contribution in [0.3, 0.4) is 0 Å². The van der Waals surface area contributed by atoms with Gasteiger partial charge in [-0.2, -0.15) is 4.73 Å². The molecule has 4 heteroatoms. The van der Waals surface area contributed by atoms with Gasteiger partial charge in [0.2, 0.25) is 5.52 Å². The number of para-hydroxylation sites is 1.